The summed E-state index contributed by atoms with van der Waals surface area (Å²) in [5, 5.41) is 11.5. The Kier molecular flexibility index (Phi) is 4.71. The van der Waals surface area contributed by atoms with Gasteiger partial charge in [-0.05, 0) is 25.1 Å². The molecule has 8 heteroatoms. The molecule has 2 aromatic rings. The lowest BCUT2D eigenvalue weighted by atomic mass is 10.2. The highest BCUT2D eigenvalue weighted by atomic mass is 32.1. The van der Waals surface area contributed by atoms with Gasteiger partial charge < -0.3 is 15.2 Å². The summed E-state index contributed by atoms with van der Waals surface area (Å²) in [6, 6.07) is 4.70. The molecule has 0 bridgehead atoms. The molecule has 0 aliphatic rings. The highest BCUT2D eigenvalue weighted by Crippen LogP contribution is 2.28. The second-order valence-electron chi connectivity index (χ2n) is 4.26. The topological polar surface area (TPSA) is 99.4 Å². The second kappa shape index (κ2) is 6.51. The molecule has 0 radical (unpaired) electrons. The number of nitrogens with two attached hydrogens (primary N) is 1. The molecule has 112 valence electrons. The van der Waals surface area contributed by atoms with Crippen molar-refractivity contribution in [1.29, 1.82) is 0 Å². The minimum absolute atomic E-state index is 0.214. The molecule has 0 aliphatic carbocycles. The molecule has 0 fully saturated rings. The number of aromatic nitrogens is 2. The number of carbonyl (C=O) groups is 1. The number of benzene rings is 1. The summed E-state index contributed by atoms with van der Waals surface area (Å²) >= 11 is 1.25. The van der Waals surface area contributed by atoms with E-state index in [1.54, 1.807) is 25.1 Å². The van der Waals surface area contributed by atoms with E-state index in [1.165, 1.54) is 25.6 Å². The van der Waals surface area contributed by atoms with Gasteiger partial charge in [0.2, 0.25) is 5.13 Å². The molecular formula is C13H16N4O3S. The second-order valence-corrected chi connectivity index (χ2v) is 5.27. The fourth-order valence-corrected chi connectivity index (χ4v) is 2.31. The van der Waals surface area contributed by atoms with Crippen LogP contribution in [0.3, 0.4) is 0 Å². The highest BCUT2D eigenvalue weighted by Gasteiger charge is 2.14. The number of rotatable bonds is 5. The summed E-state index contributed by atoms with van der Waals surface area (Å²) in [5.41, 5.74) is 6.14. The van der Waals surface area contributed by atoms with Crippen molar-refractivity contribution in [2.45, 2.75) is 13.0 Å². The average molecular weight is 308 g/mol. The Bertz CT molecular complexity index is 642. The molecule has 0 saturated carbocycles. The maximum Gasteiger partial charge on any atom is 0.257 e. The number of carbonyl (C=O) groups excluding carboxylic acids is 1. The fraction of sp³-hybridized carbons (Fsp3) is 0.308. The van der Waals surface area contributed by atoms with Crippen molar-refractivity contribution in [3.05, 3.63) is 28.8 Å². The molecule has 0 spiro atoms. The number of nitrogens with one attached hydrogen (secondary N) is 1. The van der Waals surface area contributed by atoms with Crippen LogP contribution in [0.1, 0.15) is 28.3 Å². The third-order valence-electron chi connectivity index (χ3n) is 2.70. The van der Waals surface area contributed by atoms with E-state index in [0.717, 1.165) is 0 Å². The average Bonchev–Trinajstić information content (AvgIpc) is 2.95. The lowest BCUT2D eigenvalue weighted by Gasteiger charge is -2.08. The Morgan fingerprint density at radius 3 is 2.57 bits per heavy atom. The van der Waals surface area contributed by atoms with Gasteiger partial charge in [-0.15, -0.1) is 10.2 Å². The van der Waals surface area contributed by atoms with Crippen LogP contribution in [-0.2, 0) is 0 Å². The molecule has 1 amide bonds. The first-order valence-corrected chi connectivity index (χ1v) is 6.99. The number of hydrogen-bond donors (Lipinski definition) is 2. The van der Waals surface area contributed by atoms with Crippen LogP contribution < -0.4 is 20.5 Å². The van der Waals surface area contributed by atoms with Crippen molar-refractivity contribution >= 4 is 22.4 Å². The largest absolute Gasteiger partial charge is 0.493 e. The van der Waals surface area contributed by atoms with Gasteiger partial charge in [-0.25, -0.2) is 0 Å². The van der Waals surface area contributed by atoms with Crippen molar-refractivity contribution in [3.63, 3.8) is 0 Å². The van der Waals surface area contributed by atoms with Crippen LogP contribution in [0, 0.1) is 0 Å². The van der Waals surface area contributed by atoms with E-state index in [1.807, 2.05) is 0 Å². The number of hydrogen-bond acceptors (Lipinski definition) is 7. The molecule has 3 N–H and O–H groups in total. The van der Waals surface area contributed by atoms with Crippen molar-refractivity contribution < 1.29 is 14.3 Å². The minimum Gasteiger partial charge on any atom is -0.493 e. The predicted octanol–water partition coefficient (Wildman–Crippen LogP) is 1.83. The SMILES string of the molecule is COc1ccc(C(=O)Nc2nnc(C(C)N)s2)cc1OC. The molecule has 7 nitrogen and oxygen atoms in total. The number of methoxy groups -OCH3 is 2. The summed E-state index contributed by atoms with van der Waals surface area (Å²) < 4.78 is 10.3. The summed E-state index contributed by atoms with van der Waals surface area (Å²) in [5.74, 6) is 0.742. The van der Waals surface area contributed by atoms with E-state index in [0.29, 0.717) is 27.2 Å². The first kappa shape index (κ1) is 15.2. The fourth-order valence-electron chi connectivity index (χ4n) is 1.62. The van der Waals surface area contributed by atoms with Crippen molar-refractivity contribution in [2.24, 2.45) is 5.73 Å². The Morgan fingerprint density at radius 1 is 1.29 bits per heavy atom. The van der Waals surface area contributed by atoms with E-state index in [-0.39, 0.29) is 11.9 Å². The summed E-state index contributed by atoms with van der Waals surface area (Å²) in [6.07, 6.45) is 0. The Balaban J connectivity index is 2.16. The molecule has 1 heterocycles. The Hall–Kier alpha value is -2.19. The van der Waals surface area contributed by atoms with E-state index >= 15 is 0 Å². The van der Waals surface area contributed by atoms with E-state index in [9.17, 15) is 4.79 Å². The number of amides is 1. The van der Waals surface area contributed by atoms with Gasteiger partial charge in [0.15, 0.2) is 11.5 Å². The van der Waals surface area contributed by atoms with Gasteiger partial charge in [0, 0.05) is 5.56 Å². The minimum atomic E-state index is -0.302. The maximum absolute atomic E-state index is 12.2. The van der Waals surface area contributed by atoms with Gasteiger partial charge in [0.25, 0.3) is 5.91 Å². The normalized spacial score (nSPS) is 11.8. The molecule has 0 saturated heterocycles. The molecule has 0 aliphatic heterocycles. The number of nitrogens with zero attached hydrogens (tertiary/aromatic N) is 2. The van der Waals surface area contributed by atoms with E-state index in [4.69, 9.17) is 15.2 Å². The predicted molar refractivity (Wildman–Crippen MR) is 80.0 cm³/mol. The van der Waals surface area contributed by atoms with Gasteiger partial charge in [-0.1, -0.05) is 11.3 Å². The molecule has 1 aromatic heterocycles. The van der Waals surface area contributed by atoms with Crippen LogP contribution in [-0.4, -0.2) is 30.3 Å². The monoisotopic (exact) mass is 308 g/mol. The van der Waals surface area contributed by atoms with Crippen molar-refractivity contribution in [3.8, 4) is 11.5 Å². The molecule has 1 atom stereocenters. The van der Waals surface area contributed by atoms with Crippen molar-refractivity contribution in [1.82, 2.24) is 10.2 Å². The summed E-state index contributed by atoms with van der Waals surface area (Å²) in [4.78, 5) is 12.2. The van der Waals surface area contributed by atoms with Gasteiger partial charge in [-0.2, -0.15) is 0 Å². The maximum atomic E-state index is 12.2. The zero-order valence-electron chi connectivity index (χ0n) is 11.9. The van der Waals surface area contributed by atoms with Gasteiger partial charge in [-0.3, -0.25) is 10.1 Å². The molecule has 1 aromatic carbocycles. The van der Waals surface area contributed by atoms with Gasteiger partial charge >= 0.3 is 0 Å². The Labute approximate surface area is 126 Å². The van der Waals surface area contributed by atoms with Crippen LogP contribution in [0.25, 0.3) is 0 Å². The first-order valence-electron chi connectivity index (χ1n) is 6.17. The van der Waals surface area contributed by atoms with Crippen LogP contribution in [0.2, 0.25) is 0 Å². The molecule has 2 rings (SSSR count). The number of ether oxygens (including phenoxy) is 2. The lowest BCUT2D eigenvalue weighted by molar-refractivity contribution is 0.102. The highest BCUT2D eigenvalue weighted by molar-refractivity contribution is 7.15. The van der Waals surface area contributed by atoms with Crippen LogP contribution >= 0.6 is 11.3 Å². The molecule has 21 heavy (non-hydrogen) atoms. The summed E-state index contributed by atoms with van der Waals surface area (Å²) in [7, 11) is 3.05. The zero-order valence-corrected chi connectivity index (χ0v) is 12.7. The third-order valence-corrected chi connectivity index (χ3v) is 3.74. The quantitative estimate of drug-likeness (QED) is 0.874. The first-order chi connectivity index (χ1) is 10.0. The molecule has 1 unspecified atom stereocenters. The number of anilines is 1. The third kappa shape index (κ3) is 3.47. The lowest BCUT2D eigenvalue weighted by Crippen LogP contribution is -2.12. The van der Waals surface area contributed by atoms with E-state index in [2.05, 4.69) is 15.5 Å². The van der Waals surface area contributed by atoms with Crippen molar-refractivity contribution in [2.75, 3.05) is 19.5 Å². The van der Waals surface area contributed by atoms with Gasteiger partial charge in [0.1, 0.15) is 5.01 Å². The molecular weight excluding hydrogens is 292 g/mol. The standard InChI is InChI=1S/C13H16N4O3S/c1-7(14)12-16-17-13(21-12)15-11(18)8-4-5-9(19-2)10(6-8)20-3/h4-7H,14H2,1-3H3,(H,15,17,18). The summed E-state index contributed by atoms with van der Waals surface area (Å²) in [6.45, 7) is 1.81. The Morgan fingerprint density at radius 2 is 2.00 bits per heavy atom. The zero-order chi connectivity index (χ0) is 15.4. The van der Waals surface area contributed by atoms with Crippen LogP contribution in [0.5, 0.6) is 11.5 Å². The van der Waals surface area contributed by atoms with Crippen LogP contribution in [0.15, 0.2) is 18.2 Å². The van der Waals surface area contributed by atoms with Gasteiger partial charge in [0.05, 0.1) is 20.3 Å². The van der Waals surface area contributed by atoms with E-state index < -0.39 is 0 Å². The van der Waals surface area contributed by atoms with Crippen LogP contribution in [0.4, 0.5) is 5.13 Å². The smallest absolute Gasteiger partial charge is 0.257 e.